The lowest BCUT2D eigenvalue weighted by Crippen LogP contribution is -1.89. The van der Waals surface area contributed by atoms with Crippen LogP contribution in [0.25, 0.3) is 0 Å². The highest BCUT2D eigenvalue weighted by Crippen LogP contribution is 2.26. The van der Waals surface area contributed by atoms with Gasteiger partial charge in [0.2, 0.25) is 0 Å². The summed E-state index contributed by atoms with van der Waals surface area (Å²) in [6.45, 7) is 2.05. The minimum Gasteiger partial charge on any atom is -0.399 e. The molecule has 0 radical (unpaired) electrons. The van der Waals surface area contributed by atoms with Gasteiger partial charge >= 0.3 is 0 Å². The average molecular weight is 247 g/mol. The van der Waals surface area contributed by atoms with E-state index in [1.165, 1.54) is 29.0 Å². The topological polar surface area (TPSA) is 26.0 Å². The van der Waals surface area contributed by atoms with Gasteiger partial charge in [0.15, 0.2) is 0 Å². The quantitative estimate of drug-likeness (QED) is 0.655. The molecule has 2 aromatic rings. The van der Waals surface area contributed by atoms with E-state index in [4.69, 9.17) is 5.73 Å². The summed E-state index contributed by atoms with van der Waals surface area (Å²) in [6, 6.07) is 13.0. The molecule has 0 saturated carbocycles. The van der Waals surface area contributed by atoms with Gasteiger partial charge < -0.3 is 5.73 Å². The van der Waals surface area contributed by atoms with Gasteiger partial charge in [-0.25, -0.2) is 4.39 Å². The first-order valence-electron chi connectivity index (χ1n) is 5.38. The number of hydrogen-bond acceptors (Lipinski definition) is 2. The number of nitrogens with two attached hydrogens (primary N) is 1. The summed E-state index contributed by atoms with van der Waals surface area (Å²) in [5.74, 6) is 0.519. The van der Waals surface area contributed by atoms with E-state index in [1.54, 1.807) is 12.1 Å². The number of anilines is 1. The second kappa shape index (κ2) is 5.23. The molecule has 0 saturated heterocycles. The normalized spacial score (nSPS) is 10.5. The maximum absolute atomic E-state index is 13.5. The maximum atomic E-state index is 13.5. The van der Waals surface area contributed by atoms with Crippen LogP contribution in [0.4, 0.5) is 10.1 Å². The Morgan fingerprint density at radius 1 is 1.18 bits per heavy atom. The lowest BCUT2D eigenvalue weighted by molar-refractivity contribution is 0.603. The molecule has 0 aliphatic carbocycles. The number of benzene rings is 2. The Morgan fingerprint density at radius 3 is 2.71 bits per heavy atom. The van der Waals surface area contributed by atoms with Crippen molar-refractivity contribution in [2.45, 2.75) is 17.6 Å². The standard InChI is InChI=1S/C14H14FNS/c1-10-3-2-4-11(7-10)9-17-14-6-5-12(16)8-13(14)15/h2-8H,9,16H2,1H3. The molecule has 3 heteroatoms. The molecule has 2 rings (SSSR count). The lowest BCUT2D eigenvalue weighted by atomic mass is 10.2. The predicted molar refractivity (Wildman–Crippen MR) is 71.6 cm³/mol. The Kier molecular flexibility index (Phi) is 3.69. The minimum absolute atomic E-state index is 0.248. The fraction of sp³-hybridized carbons (Fsp3) is 0.143. The smallest absolute Gasteiger partial charge is 0.138 e. The van der Waals surface area contributed by atoms with Crippen molar-refractivity contribution in [3.05, 3.63) is 59.4 Å². The van der Waals surface area contributed by atoms with Gasteiger partial charge in [0.05, 0.1) is 0 Å². The molecular weight excluding hydrogens is 233 g/mol. The first kappa shape index (κ1) is 12.0. The first-order chi connectivity index (χ1) is 8.15. The predicted octanol–water partition coefficient (Wildman–Crippen LogP) is 4.01. The van der Waals surface area contributed by atoms with Crippen molar-refractivity contribution in [3.63, 3.8) is 0 Å². The van der Waals surface area contributed by atoms with Crippen molar-refractivity contribution in [2.75, 3.05) is 5.73 Å². The lowest BCUT2D eigenvalue weighted by Gasteiger charge is -2.05. The molecule has 0 aliphatic rings. The van der Waals surface area contributed by atoms with Crippen LogP contribution in [0.15, 0.2) is 47.4 Å². The second-order valence-corrected chi connectivity index (χ2v) is 4.98. The van der Waals surface area contributed by atoms with Gasteiger partial charge in [-0.05, 0) is 30.7 Å². The number of thioether (sulfide) groups is 1. The van der Waals surface area contributed by atoms with E-state index in [9.17, 15) is 4.39 Å². The van der Waals surface area contributed by atoms with E-state index >= 15 is 0 Å². The Labute approximate surface area is 105 Å². The van der Waals surface area contributed by atoms with Crippen LogP contribution in [-0.4, -0.2) is 0 Å². The van der Waals surface area contributed by atoms with Gasteiger partial charge in [-0.15, -0.1) is 11.8 Å². The van der Waals surface area contributed by atoms with E-state index in [0.717, 1.165) is 5.75 Å². The van der Waals surface area contributed by atoms with Gasteiger partial charge in [-0.2, -0.15) is 0 Å². The molecule has 0 unspecified atom stereocenters. The van der Waals surface area contributed by atoms with Crippen molar-refractivity contribution < 1.29 is 4.39 Å². The molecule has 1 nitrogen and oxygen atoms in total. The number of halogens is 1. The van der Waals surface area contributed by atoms with Crippen LogP contribution in [-0.2, 0) is 5.75 Å². The van der Waals surface area contributed by atoms with Gasteiger partial charge in [0.25, 0.3) is 0 Å². The highest BCUT2D eigenvalue weighted by Gasteiger charge is 2.03. The van der Waals surface area contributed by atoms with Crippen molar-refractivity contribution in [1.29, 1.82) is 0 Å². The molecule has 0 fully saturated rings. The molecule has 0 bridgehead atoms. The Hall–Kier alpha value is -1.48. The van der Waals surface area contributed by atoms with E-state index < -0.39 is 0 Å². The fourth-order valence-corrected chi connectivity index (χ4v) is 2.46. The SMILES string of the molecule is Cc1cccc(CSc2ccc(N)cc2F)c1. The van der Waals surface area contributed by atoms with Crippen LogP contribution >= 0.6 is 11.8 Å². The van der Waals surface area contributed by atoms with Crippen LogP contribution in [0.2, 0.25) is 0 Å². The first-order valence-corrected chi connectivity index (χ1v) is 6.37. The summed E-state index contributed by atoms with van der Waals surface area (Å²) in [5, 5.41) is 0. The summed E-state index contributed by atoms with van der Waals surface area (Å²) >= 11 is 1.49. The summed E-state index contributed by atoms with van der Waals surface area (Å²) in [6.07, 6.45) is 0. The number of hydrogen-bond donors (Lipinski definition) is 1. The van der Waals surface area contributed by atoms with Gasteiger partial charge in [-0.3, -0.25) is 0 Å². The molecule has 0 amide bonds. The van der Waals surface area contributed by atoms with Crippen LogP contribution in [0.1, 0.15) is 11.1 Å². The third-order valence-corrected chi connectivity index (χ3v) is 3.55. The number of aryl methyl sites for hydroxylation is 1. The number of rotatable bonds is 3. The number of nitrogen functional groups attached to an aromatic ring is 1. The Balaban J connectivity index is 2.07. The van der Waals surface area contributed by atoms with Crippen LogP contribution in [0, 0.1) is 12.7 Å². The molecule has 0 spiro atoms. The molecule has 0 aliphatic heterocycles. The van der Waals surface area contributed by atoms with Gasteiger partial charge in [0, 0.05) is 16.3 Å². The van der Waals surface area contributed by atoms with Crippen LogP contribution in [0.3, 0.4) is 0 Å². The third kappa shape index (κ3) is 3.24. The molecule has 2 N–H and O–H groups in total. The van der Waals surface area contributed by atoms with Gasteiger partial charge in [-0.1, -0.05) is 29.8 Å². The highest BCUT2D eigenvalue weighted by atomic mass is 32.2. The summed E-state index contributed by atoms with van der Waals surface area (Å²) in [5.41, 5.74) is 8.39. The van der Waals surface area contributed by atoms with Crippen molar-refractivity contribution in [1.82, 2.24) is 0 Å². The second-order valence-electron chi connectivity index (χ2n) is 3.97. The third-order valence-electron chi connectivity index (χ3n) is 2.43. The molecule has 0 heterocycles. The zero-order valence-corrected chi connectivity index (χ0v) is 10.4. The van der Waals surface area contributed by atoms with Crippen LogP contribution in [0.5, 0.6) is 0 Å². The van der Waals surface area contributed by atoms with Crippen molar-refractivity contribution in [2.24, 2.45) is 0 Å². The van der Waals surface area contributed by atoms with E-state index in [-0.39, 0.29) is 5.82 Å². The molecule has 88 valence electrons. The molecule has 0 aromatic heterocycles. The Bertz CT molecular complexity index is 525. The van der Waals surface area contributed by atoms with Crippen molar-refractivity contribution in [3.8, 4) is 0 Å². The molecule has 2 aromatic carbocycles. The fourth-order valence-electron chi connectivity index (χ4n) is 1.60. The summed E-state index contributed by atoms with van der Waals surface area (Å²) in [4.78, 5) is 0.640. The van der Waals surface area contributed by atoms with E-state index in [1.807, 2.05) is 6.07 Å². The minimum atomic E-state index is -0.248. The van der Waals surface area contributed by atoms with Gasteiger partial charge in [0.1, 0.15) is 5.82 Å². The van der Waals surface area contributed by atoms with Crippen molar-refractivity contribution >= 4 is 17.4 Å². The zero-order chi connectivity index (χ0) is 12.3. The highest BCUT2D eigenvalue weighted by molar-refractivity contribution is 7.98. The molecule has 0 atom stereocenters. The largest absolute Gasteiger partial charge is 0.399 e. The Morgan fingerprint density at radius 2 is 2.00 bits per heavy atom. The zero-order valence-electron chi connectivity index (χ0n) is 9.61. The summed E-state index contributed by atoms with van der Waals surface area (Å²) in [7, 11) is 0. The maximum Gasteiger partial charge on any atom is 0.138 e. The van der Waals surface area contributed by atoms with Crippen LogP contribution < -0.4 is 5.73 Å². The average Bonchev–Trinajstić information content (AvgIpc) is 2.28. The molecule has 17 heavy (non-hydrogen) atoms. The van der Waals surface area contributed by atoms with E-state index in [2.05, 4.69) is 25.1 Å². The monoisotopic (exact) mass is 247 g/mol. The molecular formula is C14H14FNS. The van der Waals surface area contributed by atoms with E-state index in [0.29, 0.717) is 10.6 Å². The summed E-state index contributed by atoms with van der Waals surface area (Å²) < 4.78 is 13.5.